The van der Waals surface area contributed by atoms with Gasteiger partial charge in [0.05, 0.1) is 11.4 Å². The lowest BCUT2D eigenvalue weighted by Crippen LogP contribution is -2.20. The normalized spacial score (nSPS) is 12.3. The van der Waals surface area contributed by atoms with Gasteiger partial charge in [-0.05, 0) is 12.1 Å². The number of rotatable bonds is 4. The van der Waals surface area contributed by atoms with Crippen LogP contribution >= 0.6 is 0 Å². The third kappa shape index (κ3) is 5.19. The van der Waals surface area contributed by atoms with Crippen molar-refractivity contribution in [2.24, 2.45) is 5.41 Å². The minimum Gasteiger partial charge on any atom is -0.294 e. The number of aromatic nitrogens is 5. The molecule has 6 nitrogen and oxygen atoms in total. The molecule has 3 aromatic rings. The van der Waals surface area contributed by atoms with Crippen LogP contribution in [-0.4, -0.2) is 30.7 Å². The Kier molecular flexibility index (Phi) is 6.03. The molecule has 3 aromatic heterocycles. The van der Waals surface area contributed by atoms with Crippen molar-refractivity contribution in [2.75, 3.05) is 0 Å². The summed E-state index contributed by atoms with van der Waals surface area (Å²) in [5, 5.41) is 0. The average molecular weight is 418 g/mol. The number of hydrogen-bond donors (Lipinski definition) is 0. The van der Waals surface area contributed by atoms with E-state index in [-0.39, 0.29) is 17.1 Å². The fraction of sp³-hybridized carbons (Fsp3) is 0.440. The highest BCUT2D eigenvalue weighted by atomic mass is 16.1. The van der Waals surface area contributed by atoms with Gasteiger partial charge in [0.15, 0.2) is 5.78 Å². The Balaban J connectivity index is 2.12. The summed E-state index contributed by atoms with van der Waals surface area (Å²) in [6.07, 6.45) is 7.06. The van der Waals surface area contributed by atoms with Crippen LogP contribution in [0.1, 0.15) is 83.3 Å². The molecule has 0 saturated carbocycles. The number of pyridine rings is 1. The molecule has 0 fully saturated rings. The molecule has 0 radical (unpaired) electrons. The number of nitrogens with zero attached hydrogens (tertiary/aromatic N) is 5. The molecule has 0 aliphatic heterocycles. The van der Waals surface area contributed by atoms with Crippen LogP contribution < -0.4 is 0 Å². The number of Topliss-reactive ketones (excluding diaryl/α,β-unsaturated/α-hetero) is 1. The maximum Gasteiger partial charge on any atom is 0.168 e. The van der Waals surface area contributed by atoms with Gasteiger partial charge in [0.25, 0.3) is 0 Å². The summed E-state index contributed by atoms with van der Waals surface area (Å²) in [5.41, 5.74) is 2.77. The fourth-order valence-electron chi connectivity index (χ4n) is 3.01. The van der Waals surface area contributed by atoms with Crippen LogP contribution in [0, 0.1) is 5.41 Å². The SMILES string of the molecule is CC(C)c1ncc(-c2cc(C(=O)C(C)(C)C)cc(-c3cnc(C(C)(C)C)nc3)n2)cn1. The van der Waals surface area contributed by atoms with Gasteiger partial charge in [-0.2, -0.15) is 0 Å². The highest BCUT2D eigenvalue weighted by Gasteiger charge is 2.25. The van der Waals surface area contributed by atoms with Crippen LogP contribution in [0.2, 0.25) is 0 Å². The Labute approximate surface area is 184 Å². The van der Waals surface area contributed by atoms with Gasteiger partial charge < -0.3 is 0 Å². The van der Waals surface area contributed by atoms with E-state index in [4.69, 9.17) is 4.98 Å². The molecule has 0 saturated heterocycles. The number of hydrogen-bond acceptors (Lipinski definition) is 6. The van der Waals surface area contributed by atoms with Crippen molar-refractivity contribution in [2.45, 2.75) is 66.7 Å². The molecule has 6 heteroatoms. The maximum atomic E-state index is 13.1. The van der Waals surface area contributed by atoms with Crippen LogP contribution in [0.4, 0.5) is 0 Å². The molecule has 162 valence electrons. The Hall–Kier alpha value is -3.02. The minimum absolute atomic E-state index is 0.0457. The Bertz CT molecular complexity index is 1070. The van der Waals surface area contributed by atoms with E-state index in [1.807, 2.05) is 32.9 Å². The van der Waals surface area contributed by atoms with Gasteiger partial charge in [0.1, 0.15) is 11.6 Å². The van der Waals surface area contributed by atoms with Crippen molar-refractivity contribution < 1.29 is 4.79 Å². The van der Waals surface area contributed by atoms with Crippen LogP contribution in [0.15, 0.2) is 36.9 Å². The first-order valence-electron chi connectivity index (χ1n) is 10.6. The van der Waals surface area contributed by atoms with Gasteiger partial charge in [0, 0.05) is 58.2 Å². The summed E-state index contributed by atoms with van der Waals surface area (Å²) in [4.78, 5) is 35.8. The molecule has 0 aliphatic rings. The molecule has 0 bridgehead atoms. The molecule has 0 amide bonds. The van der Waals surface area contributed by atoms with E-state index in [1.54, 1.807) is 24.8 Å². The van der Waals surface area contributed by atoms with Crippen molar-refractivity contribution >= 4 is 5.78 Å². The largest absolute Gasteiger partial charge is 0.294 e. The van der Waals surface area contributed by atoms with Gasteiger partial charge in [-0.3, -0.25) is 4.79 Å². The lowest BCUT2D eigenvalue weighted by Gasteiger charge is -2.18. The summed E-state index contributed by atoms with van der Waals surface area (Å²) in [5.74, 6) is 1.82. The molecule has 3 heterocycles. The smallest absolute Gasteiger partial charge is 0.168 e. The topological polar surface area (TPSA) is 81.5 Å². The van der Waals surface area contributed by atoms with Crippen molar-refractivity contribution in [3.63, 3.8) is 0 Å². The van der Waals surface area contributed by atoms with E-state index < -0.39 is 5.41 Å². The molecule has 0 aliphatic carbocycles. The Morgan fingerprint density at radius 2 is 1.23 bits per heavy atom. The Morgan fingerprint density at radius 1 is 0.774 bits per heavy atom. The van der Waals surface area contributed by atoms with Gasteiger partial charge >= 0.3 is 0 Å². The van der Waals surface area contributed by atoms with Crippen molar-refractivity contribution in [3.8, 4) is 22.5 Å². The van der Waals surface area contributed by atoms with Crippen LogP contribution in [0.25, 0.3) is 22.5 Å². The number of ketones is 1. The van der Waals surface area contributed by atoms with E-state index in [0.717, 1.165) is 22.8 Å². The molecule has 3 rings (SSSR count). The highest BCUT2D eigenvalue weighted by Crippen LogP contribution is 2.29. The maximum absolute atomic E-state index is 13.1. The molecule has 0 unspecified atom stereocenters. The first kappa shape index (κ1) is 22.7. The second-order valence-electron chi connectivity index (χ2n) is 10.2. The number of carbonyl (C=O) groups is 1. The van der Waals surface area contributed by atoms with Crippen LogP contribution in [0.3, 0.4) is 0 Å². The molecule has 0 aromatic carbocycles. The van der Waals surface area contributed by atoms with Gasteiger partial charge in [0.2, 0.25) is 0 Å². The lowest BCUT2D eigenvalue weighted by atomic mass is 9.86. The first-order valence-corrected chi connectivity index (χ1v) is 10.6. The molecular formula is C25H31N5O. The van der Waals surface area contributed by atoms with Crippen LogP contribution in [0.5, 0.6) is 0 Å². The van der Waals surface area contributed by atoms with E-state index in [9.17, 15) is 4.79 Å². The average Bonchev–Trinajstić information content (AvgIpc) is 2.71. The molecule has 0 N–H and O–H groups in total. The third-order valence-corrected chi connectivity index (χ3v) is 4.87. The van der Waals surface area contributed by atoms with Crippen LogP contribution in [-0.2, 0) is 5.41 Å². The van der Waals surface area contributed by atoms with E-state index in [2.05, 4.69) is 54.6 Å². The predicted octanol–water partition coefficient (Wildman–Crippen LogP) is 5.65. The summed E-state index contributed by atoms with van der Waals surface area (Å²) in [7, 11) is 0. The second kappa shape index (κ2) is 8.25. The summed E-state index contributed by atoms with van der Waals surface area (Å²) >= 11 is 0. The molecular weight excluding hydrogens is 386 g/mol. The summed E-state index contributed by atoms with van der Waals surface area (Å²) < 4.78 is 0. The van der Waals surface area contributed by atoms with Crippen molar-refractivity contribution in [1.82, 2.24) is 24.9 Å². The molecule has 31 heavy (non-hydrogen) atoms. The monoisotopic (exact) mass is 417 g/mol. The van der Waals surface area contributed by atoms with Crippen molar-refractivity contribution in [1.29, 1.82) is 0 Å². The zero-order chi connectivity index (χ0) is 23.0. The first-order chi connectivity index (χ1) is 14.4. The quantitative estimate of drug-likeness (QED) is 0.511. The van der Waals surface area contributed by atoms with Gasteiger partial charge in [-0.1, -0.05) is 55.4 Å². The second-order valence-corrected chi connectivity index (χ2v) is 10.2. The molecule has 0 atom stereocenters. The number of carbonyl (C=O) groups excluding carboxylic acids is 1. The highest BCUT2D eigenvalue weighted by molar-refractivity contribution is 6.01. The van der Waals surface area contributed by atoms with E-state index >= 15 is 0 Å². The van der Waals surface area contributed by atoms with E-state index in [0.29, 0.717) is 17.0 Å². The minimum atomic E-state index is -0.513. The zero-order valence-corrected chi connectivity index (χ0v) is 19.7. The van der Waals surface area contributed by atoms with Crippen molar-refractivity contribution in [3.05, 3.63) is 54.1 Å². The third-order valence-electron chi connectivity index (χ3n) is 4.87. The Morgan fingerprint density at radius 3 is 1.61 bits per heavy atom. The summed E-state index contributed by atoms with van der Waals surface area (Å²) in [6.45, 7) is 16.1. The standard InChI is InChI=1S/C25H31N5O/c1-15(2)22-26-11-17(12-27-22)19-9-16(21(31)24(3,4)5)10-20(30-19)18-13-28-23(29-14-18)25(6,7)8/h9-15H,1-8H3. The fourth-order valence-corrected chi connectivity index (χ4v) is 3.01. The van der Waals surface area contributed by atoms with E-state index in [1.165, 1.54) is 0 Å². The lowest BCUT2D eigenvalue weighted by molar-refractivity contribution is 0.0858. The predicted molar refractivity (Wildman–Crippen MR) is 123 cm³/mol. The van der Waals surface area contributed by atoms with Gasteiger partial charge in [-0.15, -0.1) is 0 Å². The molecule has 0 spiro atoms. The van der Waals surface area contributed by atoms with Gasteiger partial charge in [-0.25, -0.2) is 24.9 Å². The zero-order valence-electron chi connectivity index (χ0n) is 19.7. The summed E-state index contributed by atoms with van der Waals surface area (Å²) in [6, 6.07) is 3.63.